The third-order valence-corrected chi connectivity index (χ3v) is 4.88. The van der Waals surface area contributed by atoms with Crippen LogP contribution in [0, 0.1) is 17.8 Å². The highest BCUT2D eigenvalue weighted by Crippen LogP contribution is 2.32. The number of carbonyl (C=O) groups excluding carboxylic acids is 1. The van der Waals surface area contributed by atoms with Gasteiger partial charge in [0.25, 0.3) is 0 Å². The molecular weight excluding hydrogens is 240 g/mol. The zero-order valence-electron chi connectivity index (χ0n) is 12.1. The molecular formula is C15H28N2O2. The smallest absolute Gasteiger partial charge is 0.225 e. The third-order valence-electron chi connectivity index (χ3n) is 4.88. The molecule has 3 N–H and O–H groups in total. The Hall–Kier alpha value is -0.610. The van der Waals surface area contributed by atoms with E-state index in [0.29, 0.717) is 11.8 Å². The Kier molecular flexibility index (Phi) is 5.22. The van der Waals surface area contributed by atoms with Crippen molar-refractivity contribution in [3.63, 3.8) is 0 Å². The molecule has 2 aliphatic rings. The number of likely N-dealkylation sites (tertiary alicyclic amines) is 1. The first-order chi connectivity index (χ1) is 9.11. The lowest BCUT2D eigenvalue weighted by Crippen LogP contribution is -2.47. The molecule has 1 amide bonds. The monoisotopic (exact) mass is 268 g/mol. The van der Waals surface area contributed by atoms with Crippen molar-refractivity contribution < 1.29 is 9.90 Å². The summed E-state index contributed by atoms with van der Waals surface area (Å²) >= 11 is 0. The van der Waals surface area contributed by atoms with Gasteiger partial charge in [0.1, 0.15) is 0 Å². The number of piperidine rings is 1. The summed E-state index contributed by atoms with van der Waals surface area (Å²) < 4.78 is 0. The molecule has 0 aromatic carbocycles. The summed E-state index contributed by atoms with van der Waals surface area (Å²) in [5, 5.41) is 9.75. The van der Waals surface area contributed by atoms with Crippen LogP contribution in [0.3, 0.4) is 0 Å². The second-order valence-corrected chi connectivity index (χ2v) is 6.42. The first kappa shape index (κ1) is 14.8. The lowest BCUT2D eigenvalue weighted by Gasteiger charge is -2.38. The van der Waals surface area contributed by atoms with E-state index in [-0.39, 0.29) is 17.9 Å². The molecule has 1 saturated heterocycles. The van der Waals surface area contributed by atoms with Gasteiger partial charge in [-0.25, -0.2) is 0 Å². The second-order valence-electron chi connectivity index (χ2n) is 6.42. The molecule has 4 heteroatoms. The van der Waals surface area contributed by atoms with Crippen LogP contribution in [0.1, 0.15) is 45.4 Å². The van der Waals surface area contributed by atoms with E-state index in [1.54, 1.807) is 0 Å². The Bertz CT molecular complexity index is 307. The molecule has 110 valence electrons. The van der Waals surface area contributed by atoms with Crippen LogP contribution in [0.15, 0.2) is 0 Å². The van der Waals surface area contributed by atoms with Gasteiger partial charge < -0.3 is 15.7 Å². The number of carbonyl (C=O) groups is 1. The highest BCUT2D eigenvalue weighted by atomic mass is 16.3. The van der Waals surface area contributed by atoms with E-state index in [1.165, 1.54) is 6.42 Å². The van der Waals surface area contributed by atoms with Crippen LogP contribution in [0.5, 0.6) is 0 Å². The maximum Gasteiger partial charge on any atom is 0.225 e. The number of hydrogen-bond acceptors (Lipinski definition) is 3. The summed E-state index contributed by atoms with van der Waals surface area (Å²) in [5.74, 6) is 1.37. The molecule has 0 spiro atoms. The summed E-state index contributed by atoms with van der Waals surface area (Å²) in [4.78, 5) is 14.5. The summed E-state index contributed by atoms with van der Waals surface area (Å²) in [6.45, 7) is 4.21. The summed E-state index contributed by atoms with van der Waals surface area (Å²) in [6.07, 6.45) is 5.99. The molecule has 1 heterocycles. The van der Waals surface area contributed by atoms with Gasteiger partial charge in [-0.05, 0) is 44.1 Å². The fourth-order valence-electron chi connectivity index (χ4n) is 3.60. The molecule has 4 atom stereocenters. The molecule has 0 radical (unpaired) electrons. The van der Waals surface area contributed by atoms with Crippen molar-refractivity contribution in [2.24, 2.45) is 23.5 Å². The molecule has 0 aromatic rings. The highest BCUT2D eigenvalue weighted by molar-refractivity contribution is 5.79. The third kappa shape index (κ3) is 3.69. The fraction of sp³-hybridized carbons (Fsp3) is 0.933. The Labute approximate surface area is 116 Å². The van der Waals surface area contributed by atoms with E-state index >= 15 is 0 Å². The Morgan fingerprint density at radius 3 is 2.84 bits per heavy atom. The molecule has 4 nitrogen and oxygen atoms in total. The Morgan fingerprint density at radius 2 is 2.16 bits per heavy atom. The molecule has 0 bridgehead atoms. The zero-order chi connectivity index (χ0) is 13.8. The molecule has 2 fully saturated rings. The number of amides is 1. The van der Waals surface area contributed by atoms with Crippen molar-refractivity contribution in [2.45, 2.75) is 51.6 Å². The van der Waals surface area contributed by atoms with Crippen LogP contribution in [-0.4, -0.2) is 41.7 Å². The fourth-order valence-corrected chi connectivity index (χ4v) is 3.60. The van der Waals surface area contributed by atoms with Crippen LogP contribution in [0.25, 0.3) is 0 Å². The van der Waals surface area contributed by atoms with Crippen molar-refractivity contribution in [3.8, 4) is 0 Å². The van der Waals surface area contributed by atoms with Gasteiger partial charge in [0.15, 0.2) is 0 Å². The normalized spacial score (nSPS) is 36.3. The quantitative estimate of drug-likeness (QED) is 0.812. The van der Waals surface area contributed by atoms with Gasteiger partial charge in [0.2, 0.25) is 5.91 Å². The molecule has 19 heavy (non-hydrogen) atoms. The van der Waals surface area contributed by atoms with E-state index in [4.69, 9.17) is 5.73 Å². The number of nitrogens with two attached hydrogens (primary N) is 1. The maximum absolute atomic E-state index is 12.6. The predicted octanol–water partition coefficient (Wildman–Crippen LogP) is 1.37. The number of hydrogen-bond donors (Lipinski definition) is 2. The average molecular weight is 268 g/mol. The maximum atomic E-state index is 12.6. The Morgan fingerprint density at radius 1 is 1.37 bits per heavy atom. The first-order valence-electron chi connectivity index (χ1n) is 7.78. The zero-order valence-corrected chi connectivity index (χ0v) is 12.1. The van der Waals surface area contributed by atoms with E-state index in [0.717, 1.165) is 51.7 Å². The van der Waals surface area contributed by atoms with Gasteiger partial charge in [-0.3, -0.25) is 4.79 Å². The first-order valence-corrected chi connectivity index (χ1v) is 7.78. The predicted molar refractivity (Wildman–Crippen MR) is 75.5 cm³/mol. The standard InChI is InChI=1S/C15H28N2O2/c1-11-10-17(8-6-14(11)18)15(19)13-4-2-3-12(9-13)5-7-16/h11-14,18H,2-10,16H2,1H3. The van der Waals surface area contributed by atoms with Crippen LogP contribution in [-0.2, 0) is 4.79 Å². The van der Waals surface area contributed by atoms with Crippen molar-refractivity contribution in [2.75, 3.05) is 19.6 Å². The minimum Gasteiger partial charge on any atom is -0.393 e. The van der Waals surface area contributed by atoms with E-state index < -0.39 is 0 Å². The molecule has 1 aliphatic heterocycles. The van der Waals surface area contributed by atoms with Gasteiger partial charge in [-0.2, -0.15) is 0 Å². The molecule has 1 aliphatic carbocycles. The lowest BCUT2D eigenvalue weighted by atomic mass is 9.79. The van der Waals surface area contributed by atoms with Gasteiger partial charge in [-0.15, -0.1) is 0 Å². The second kappa shape index (κ2) is 6.71. The number of rotatable bonds is 3. The molecule has 2 rings (SSSR count). The van der Waals surface area contributed by atoms with E-state index in [2.05, 4.69) is 0 Å². The minimum atomic E-state index is -0.236. The van der Waals surface area contributed by atoms with Gasteiger partial charge in [0, 0.05) is 19.0 Å². The van der Waals surface area contributed by atoms with Crippen LogP contribution in [0.4, 0.5) is 0 Å². The number of aliphatic hydroxyl groups is 1. The minimum absolute atomic E-state index is 0.202. The van der Waals surface area contributed by atoms with E-state index in [1.807, 2.05) is 11.8 Å². The lowest BCUT2D eigenvalue weighted by molar-refractivity contribution is -0.140. The highest BCUT2D eigenvalue weighted by Gasteiger charge is 2.33. The van der Waals surface area contributed by atoms with Gasteiger partial charge >= 0.3 is 0 Å². The molecule has 4 unspecified atom stereocenters. The van der Waals surface area contributed by atoms with E-state index in [9.17, 15) is 9.90 Å². The average Bonchev–Trinajstić information content (AvgIpc) is 2.42. The Balaban J connectivity index is 1.88. The summed E-state index contributed by atoms with van der Waals surface area (Å²) in [5.41, 5.74) is 5.63. The number of nitrogens with zero attached hydrogens (tertiary/aromatic N) is 1. The largest absolute Gasteiger partial charge is 0.393 e. The summed E-state index contributed by atoms with van der Waals surface area (Å²) in [6, 6.07) is 0. The van der Waals surface area contributed by atoms with Crippen LogP contribution in [0.2, 0.25) is 0 Å². The van der Waals surface area contributed by atoms with Crippen molar-refractivity contribution in [1.82, 2.24) is 4.90 Å². The van der Waals surface area contributed by atoms with Crippen LogP contribution >= 0.6 is 0 Å². The van der Waals surface area contributed by atoms with Crippen molar-refractivity contribution in [1.29, 1.82) is 0 Å². The molecule has 0 aromatic heterocycles. The van der Waals surface area contributed by atoms with Crippen molar-refractivity contribution >= 4 is 5.91 Å². The van der Waals surface area contributed by atoms with Crippen molar-refractivity contribution in [3.05, 3.63) is 0 Å². The topological polar surface area (TPSA) is 66.6 Å². The van der Waals surface area contributed by atoms with Crippen LogP contribution < -0.4 is 5.73 Å². The van der Waals surface area contributed by atoms with Gasteiger partial charge in [-0.1, -0.05) is 19.8 Å². The molecule has 1 saturated carbocycles. The number of aliphatic hydroxyl groups excluding tert-OH is 1. The summed E-state index contributed by atoms with van der Waals surface area (Å²) in [7, 11) is 0. The van der Waals surface area contributed by atoms with Gasteiger partial charge in [0.05, 0.1) is 6.10 Å². The SMILES string of the molecule is CC1CN(C(=O)C2CCCC(CCN)C2)CCC1O.